The fourth-order valence-electron chi connectivity index (χ4n) is 1.42. The summed E-state index contributed by atoms with van der Waals surface area (Å²) in [6.45, 7) is 0. The number of rotatable bonds is 3. The minimum Gasteiger partial charge on any atom is -0.481 e. The number of halogens is 1. The number of aliphatic carboxylic acids is 1. The molecule has 0 aliphatic carbocycles. The summed E-state index contributed by atoms with van der Waals surface area (Å²) in [6.07, 6.45) is 2.36. The van der Waals surface area contributed by atoms with Gasteiger partial charge in [0.1, 0.15) is 0 Å². The average molecular weight is 269 g/mol. The molecule has 0 atom stereocenters. The van der Waals surface area contributed by atoms with E-state index in [1.807, 2.05) is 12.1 Å². The molecule has 0 spiro atoms. The maximum Gasteiger partial charge on any atom is 0.303 e. The molecular weight excluding hydrogens is 260 g/mol. The molecule has 4 nitrogen and oxygen atoms in total. The van der Waals surface area contributed by atoms with Crippen LogP contribution in [0.4, 0.5) is 0 Å². The summed E-state index contributed by atoms with van der Waals surface area (Å²) >= 11 is 3.33. The van der Waals surface area contributed by atoms with Crippen molar-refractivity contribution in [3.05, 3.63) is 28.5 Å². The van der Waals surface area contributed by atoms with Gasteiger partial charge in [-0.25, -0.2) is 0 Å². The second-order valence-corrected chi connectivity index (χ2v) is 4.19. The van der Waals surface area contributed by atoms with Gasteiger partial charge in [-0.3, -0.25) is 9.78 Å². The van der Waals surface area contributed by atoms with Crippen molar-refractivity contribution in [2.45, 2.75) is 12.8 Å². The molecule has 0 saturated heterocycles. The van der Waals surface area contributed by atoms with E-state index < -0.39 is 5.97 Å². The van der Waals surface area contributed by atoms with Gasteiger partial charge in [0.05, 0.1) is 17.5 Å². The van der Waals surface area contributed by atoms with Crippen molar-refractivity contribution in [1.82, 2.24) is 9.97 Å². The maximum atomic E-state index is 10.4. The first kappa shape index (κ1) is 10.2. The molecule has 0 unspecified atom stereocenters. The number of fused-ring (bicyclic) bond motifs is 1. The van der Waals surface area contributed by atoms with Gasteiger partial charge in [-0.1, -0.05) is 0 Å². The Balaban J connectivity index is 2.27. The zero-order chi connectivity index (χ0) is 10.8. The molecule has 2 heterocycles. The standard InChI is InChI=1S/C10H9BrN2O2/c11-6-3-9-8(12-5-6)4-7(13-9)1-2-10(14)15/h3-5,13H,1-2H2,(H,14,15). The minimum absolute atomic E-state index is 0.133. The number of nitrogens with zero attached hydrogens (tertiary/aromatic N) is 1. The van der Waals surface area contributed by atoms with E-state index in [-0.39, 0.29) is 6.42 Å². The highest BCUT2D eigenvalue weighted by Gasteiger charge is 2.04. The molecule has 15 heavy (non-hydrogen) atoms. The summed E-state index contributed by atoms with van der Waals surface area (Å²) in [5, 5.41) is 8.56. The first-order chi connectivity index (χ1) is 7.15. The summed E-state index contributed by atoms with van der Waals surface area (Å²) in [4.78, 5) is 17.7. The van der Waals surface area contributed by atoms with Crippen LogP contribution in [0.3, 0.4) is 0 Å². The molecule has 0 amide bonds. The molecule has 2 rings (SSSR count). The highest BCUT2D eigenvalue weighted by atomic mass is 79.9. The van der Waals surface area contributed by atoms with Crippen LogP contribution >= 0.6 is 15.9 Å². The van der Waals surface area contributed by atoms with E-state index in [1.165, 1.54) is 0 Å². The second kappa shape index (κ2) is 4.02. The summed E-state index contributed by atoms with van der Waals surface area (Å²) in [5.41, 5.74) is 2.68. The van der Waals surface area contributed by atoms with E-state index in [0.29, 0.717) is 6.42 Å². The van der Waals surface area contributed by atoms with Gasteiger partial charge in [-0.05, 0) is 34.5 Å². The lowest BCUT2D eigenvalue weighted by atomic mass is 10.2. The van der Waals surface area contributed by atoms with Crippen LogP contribution in [0.1, 0.15) is 12.1 Å². The van der Waals surface area contributed by atoms with Crippen LogP contribution in [0, 0.1) is 0 Å². The molecule has 0 bridgehead atoms. The Bertz CT molecular complexity index is 507. The third-order valence-corrected chi connectivity index (χ3v) is 2.53. The quantitative estimate of drug-likeness (QED) is 0.898. The molecule has 0 aromatic carbocycles. The Kier molecular flexibility index (Phi) is 2.73. The summed E-state index contributed by atoms with van der Waals surface area (Å²) in [5.74, 6) is -0.789. The van der Waals surface area contributed by atoms with E-state index in [1.54, 1.807) is 6.20 Å². The van der Waals surface area contributed by atoms with Gasteiger partial charge >= 0.3 is 5.97 Å². The molecule has 0 aliphatic rings. The predicted molar refractivity (Wildman–Crippen MR) is 59.8 cm³/mol. The fraction of sp³-hybridized carbons (Fsp3) is 0.200. The summed E-state index contributed by atoms with van der Waals surface area (Å²) in [7, 11) is 0. The third kappa shape index (κ3) is 2.36. The molecule has 0 radical (unpaired) electrons. The van der Waals surface area contributed by atoms with Crippen molar-refractivity contribution in [2.75, 3.05) is 0 Å². The highest BCUT2D eigenvalue weighted by molar-refractivity contribution is 9.10. The Labute approximate surface area is 94.5 Å². The minimum atomic E-state index is -0.789. The smallest absolute Gasteiger partial charge is 0.303 e. The van der Waals surface area contributed by atoms with Crippen molar-refractivity contribution in [3.63, 3.8) is 0 Å². The van der Waals surface area contributed by atoms with Crippen LogP contribution in [0.5, 0.6) is 0 Å². The van der Waals surface area contributed by atoms with Gasteiger partial charge in [0.25, 0.3) is 0 Å². The summed E-state index contributed by atoms with van der Waals surface area (Å²) in [6, 6.07) is 3.80. The molecule has 0 aliphatic heterocycles. The van der Waals surface area contributed by atoms with Crippen molar-refractivity contribution in [1.29, 1.82) is 0 Å². The second-order valence-electron chi connectivity index (χ2n) is 3.27. The van der Waals surface area contributed by atoms with Crippen molar-refractivity contribution in [2.24, 2.45) is 0 Å². The van der Waals surface area contributed by atoms with Gasteiger partial charge in [0, 0.05) is 16.4 Å². The largest absolute Gasteiger partial charge is 0.481 e. The number of hydrogen-bond donors (Lipinski definition) is 2. The van der Waals surface area contributed by atoms with Gasteiger partial charge < -0.3 is 10.1 Å². The zero-order valence-corrected chi connectivity index (χ0v) is 9.41. The van der Waals surface area contributed by atoms with Crippen LogP contribution in [0.25, 0.3) is 11.0 Å². The van der Waals surface area contributed by atoms with Crippen molar-refractivity contribution in [3.8, 4) is 0 Å². The number of carbonyl (C=O) groups is 1. The number of H-pyrrole nitrogens is 1. The molecule has 0 fully saturated rings. The number of aromatic nitrogens is 2. The lowest BCUT2D eigenvalue weighted by Crippen LogP contribution is -1.97. The molecule has 2 aromatic heterocycles. The number of nitrogens with one attached hydrogen (secondary N) is 1. The third-order valence-electron chi connectivity index (χ3n) is 2.10. The summed E-state index contributed by atoms with van der Waals surface area (Å²) < 4.78 is 0.904. The van der Waals surface area contributed by atoms with Gasteiger partial charge in [0.15, 0.2) is 0 Å². The highest BCUT2D eigenvalue weighted by Crippen LogP contribution is 2.18. The van der Waals surface area contributed by atoms with Crippen LogP contribution in [0.15, 0.2) is 22.8 Å². The Morgan fingerprint density at radius 1 is 1.53 bits per heavy atom. The van der Waals surface area contributed by atoms with E-state index in [9.17, 15) is 4.79 Å². The zero-order valence-electron chi connectivity index (χ0n) is 7.83. The molecule has 5 heteroatoms. The van der Waals surface area contributed by atoms with E-state index >= 15 is 0 Å². The molecule has 78 valence electrons. The molecule has 2 aromatic rings. The van der Waals surface area contributed by atoms with Crippen LogP contribution in [0.2, 0.25) is 0 Å². The number of hydrogen-bond acceptors (Lipinski definition) is 2. The average Bonchev–Trinajstić information content (AvgIpc) is 2.56. The van der Waals surface area contributed by atoms with E-state index in [0.717, 1.165) is 21.2 Å². The van der Waals surface area contributed by atoms with Gasteiger partial charge in [0.2, 0.25) is 0 Å². The number of aromatic amines is 1. The number of pyridine rings is 1. The predicted octanol–water partition coefficient (Wildman–Crippen LogP) is 2.34. The lowest BCUT2D eigenvalue weighted by Gasteiger charge is -1.91. The van der Waals surface area contributed by atoms with Crippen LogP contribution in [-0.2, 0) is 11.2 Å². The fourth-order valence-corrected chi connectivity index (χ4v) is 1.75. The first-order valence-corrected chi connectivity index (χ1v) is 5.29. The normalized spacial score (nSPS) is 10.7. The Morgan fingerprint density at radius 2 is 2.33 bits per heavy atom. The topological polar surface area (TPSA) is 66.0 Å². The van der Waals surface area contributed by atoms with Crippen molar-refractivity contribution < 1.29 is 9.90 Å². The SMILES string of the molecule is O=C(O)CCc1cc2ncc(Br)cc2[nH]1. The number of aryl methyl sites for hydroxylation is 1. The van der Waals surface area contributed by atoms with Crippen molar-refractivity contribution >= 4 is 32.9 Å². The van der Waals surface area contributed by atoms with Gasteiger partial charge in [-0.15, -0.1) is 0 Å². The first-order valence-electron chi connectivity index (χ1n) is 4.50. The van der Waals surface area contributed by atoms with E-state index in [2.05, 4.69) is 25.9 Å². The number of carboxylic acid groups (broad SMARTS) is 1. The maximum absolute atomic E-state index is 10.4. The Hall–Kier alpha value is -1.36. The lowest BCUT2D eigenvalue weighted by molar-refractivity contribution is -0.136. The molecule has 0 saturated carbocycles. The molecular formula is C10H9BrN2O2. The number of carboxylic acids is 1. The monoisotopic (exact) mass is 268 g/mol. The molecule has 2 N–H and O–H groups in total. The Morgan fingerprint density at radius 3 is 3.07 bits per heavy atom. The van der Waals surface area contributed by atoms with Crippen LogP contribution < -0.4 is 0 Å². The van der Waals surface area contributed by atoms with E-state index in [4.69, 9.17) is 5.11 Å². The van der Waals surface area contributed by atoms with Gasteiger partial charge in [-0.2, -0.15) is 0 Å². The van der Waals surface area contributed by atoms with Crippen LogP contribution in [-0.4, -0.2) is 21.0 Å².